The molecule has 0 aromatic carbocycles. The van der Waals surface area contributed by atoms with Gasteiger partial charge in [-0.2, -0.15) is 0 Å². The number of hydrogen-bond donors (Lipinski definition) is 0. The van der Waals surface area contributed by atoms with E-state index in [0.717, 1.165) is 4.88 Å². The molecule has 0 unspecified atom stereocenters. The van der Waals surface area contributed by atoms with Gasteiger partial charge >= 0.3 is 0 Å². The third-order valence-corrected chi connectivity index (χ3v) is 3.01. The van der Waals surface area contributed by atoms with Crippen molar-refractivity contribution in [1.29, 1.82) is 0 Å². The first-order valence-corrected chi connectivity index (χ1v) is 5.88. The van der Waals surface area contributed by atoms with Crippen LogP contribution in [0.15, 0.2) is 17.5 Å². The molecule has 1 heterocycles. The largest absolute Gasteiger partial charge is 0.383 e. The van der Waals surface area contributed by atoms with Gasteiger partial charge in [0.2, 0.25) is 0 Å². The van der Waals surface area contributed by atoms with Crippen LogP contribution in [0.5, 0.6) is 0 Å². The van der Waals surface area contributed by atoms with Gasteiger partial charge < -0.3 is 9.64 Å². The molecule has 0 atom stereocenters. The molecule has 0 radical (unpaired) electrons. The van der Waals surface area contributed by atoms with Crippen molar-refractivity contribution in [3.8, 4) is 0 Å². The van der Waals surface area contributed by atoms with Crippen LogP contribution in [-0.2, 0) is 4.74 Å². The summed E-state index contributed by atoms with van der Waals surface area (Å²) in [4.78, 5) is 14.7. The van der Waals surface area contributed by atoms with Gasteiger partial charge in [-0.05, 0) is 25.3 Å². The van der Waals surface area contributed by atoms with Crippen molar-refractivity contribution in [3.05, 3.63) is 22.4 Å². The standard InChI is InChI=1S/C11H17NO2S/c1-9(2)12(6-7-14-3)11(13)10-5-4-8-15-10/h4-5,8-9H,6-7H2,1-3H3. The Bertz CT molecular complexity index is 296. The monoisotopic (exact) mass is 227 g/mol. The number of carbonyl (C=O) groups excluding carboxylic acids is 1. The van der Waals surface area contributed by atoms with E-state index in [-0.39, 0.29) is 11.9 Å². The number of thiophene rings is 1. The molecule has 1 rings (SSSR count). The molecule has 0 fully saturated rings. The Morgan fingerprint density at radius 3 is 2.80 bits per heavy atom. The van der Waals surface area contributed by atoms with E-state index >= 15 is 0 Å². The summed E-state index contributed by atoms with van der Waals surface area (Å²) in [6, 6.07) is 3.96. The quantitative estimate of drug-likeness (QED) is 0.772. The average molecular weight is 227 g/mol. The first-order valence-electron chi connectivity index (χ1n) is 5.00. The zero-order valence-corrected chi connectivity index (χ0v) is 10.2. The summed E-state index contributed by atoms with van der Waals surface area (Å²) in [6.45, 7) is 5.25. The first kappa shape index (κ1) is 12.2. The Balaban J connectivity index is 2.67. The molecule has 0 spiro atoms. The number of nitrogens with zero attached hydrogens (tertiary/aromatic N) is 1. The topological polar surface area (TPSA) is 29.5 Å². The lowest BCUT2D eigenvalue weighted by molar-refractivity contribution is 0.0640. The highest BCUT2D eigenvalue weighted by atomic mass is 32.1. The molecule has 0 bridgehead atoms. The van der Waals surface area contributed by atoms with Crippen LogP contribution in [0.4, 0.5) is 0 Å². The van der Waals surface area contributed by atoms with E-state index in [1.807, 2.05) is 36.3 Å². The van der Waals surface area contributed by atoms with Crippen molar-refractivity contribution in [2.75, 3.05) is 20.3 Å². The third-order valence-electron chi connectivity index (χ3n) is 2.15. The molecule has 4 heteroatoms. The van der Waals surface area contributed by atoms with Crippen LogP contribution in [0, 0.1) is 0 Å². The number of ether oxygens (including phenoxy) is 1. The molecule has 15 heavy (non-hydrogen) atoms. The fraction of sp³-hybridized carbons (Fsp3) is 0.545. The zero-order chi connectivity index (χ0) is 11.3. The predicted octanol–water partition coefficient (Wildman–Crippen LogP) is 2.25. The third kappa shape index (κ3) is 3.32. The normalized spacial score (nSPS) is 10.7. The van der Waals surface area contributed by atoms with Crippen molar-refractivity contribution >= 4 is 17.2 Å². The summed E-state index contributed by atoms with van der Waals surface area (Å²) in [5.41, 5.74) is 0. The second-order valence-corrected chi connectivity index (χ2v) is 4.51. The van der Waals surface area contributed by atoms with Crippen LogP contribution in [-0.4, -0.2) is 37.1 Å². The molecule has 0 saturated heterocycles. The molecule has 0 aliphatic rings. The Morgan fingerprint density at radius 2 is 2.33 bits per heavy atom. The lowest BCUT2D eigenvalue weighted by Gasteiger charge is -2.25. The minimum atomic E-state index is 0.0945. The highest BCUT2D eigenvalue weighted by Gasteiger charge is 2.18. The molecule has 3 nitrogen and oxygen atoms in total. The fourth-order valence-electron chi connectivity index (χ4n) is 1.33. The van der Waals surface area contributed by atoms with Crippen LogP contribution >= 0.6 is 11.3 Å². The van der Waals surface area contributed by atoms with Crippen molar-refractivity contribution < 1.29 is 9.53 Å². The molecule has 0 aliphatic carbocycles. The average Bonchev–Trinajstić information content (AvgIpc) is 2.70. The minimum absolute atomic E-state index is 0.0945. The Labute approximate surface area is 94.7 Å². The number of rotatable bonds is 5. The Morgan fingerprint density at radius 1 is 1.60 bits per heavy atom. The SMILES string of the molecule is COCCN(C(=O)c1cccs1)C(C)C. The summed E-state index contributed by atoms with van der Waals surface area (Å²) in [7, 11) is 1.65. The molecule has 1 aromatic rings. The lowest BCUT2D eigenvalue weighted by Crippen LogP contribution is -2.38. The van der Waals surface area contributed by atoms with Crippen LogP contribution in [0.2, 0.25) is 0 Å². The van der Waals surface area contributed by atoms with E-state index < -0.39 is 0 Å². The van der Waals surface area contributed by atoms with E-state index in [9.17, 15) is 4.79 Å². The molecular formula is C11H17NO2S. The van der Waals surface area contributed by atoms with E-state index in [4.69, 9.17) is 4.74 Å². The van der Waals surface area contributed by atoms with Crippen LogP contribution in [0.3, 0.4) is 0 Å². The van der Waals surface area contributed by atoms with Gasteiger partial charge in [-0.3, -0.25) is 4.79 Å². The van der Waals surface area contributed by atoms with Crippen LogP contribution in [0.1, 0.15) is 23.5 Å². The van der Waals surface area contributed by atoms with Crippen molar-refractivity contribution in [2.24, 2.45) is 0 Å². The second kappa shape index (κ2) is 5.88. The minimum Gasteiger partial charge on any atom is -0.383 e. The highest BCUT2D eigenvalue weighted by molar-refractivity contribution is 7.12. The molecular weight excluding hydrogens is 210 g/mol. The van der Waals surface area contributed by atoms with Gasteiger partial charge in [0.15, 0.2) is 0 Å². The van der Waals surface area contributed by atoms with Gasteiger partial charge in [-0.1, -0.05) is 6.07 Å². The number of methoxy groups -OCH3 is 1. The molecule has 0 aliphatic heterocycles. The maximum Gasteiger partial charge on any atom is 0.264 e. The summed E-state index contributed by atoms with van der Waals surface area (Å²) < 4.78 is 5.00. The molecule has 1 amide bonds. The van der Waals surface area contributed by atoms with Crippen LogP contribution in [0.25, 0.3) is 0 Å². The Kier molecular flexibility index (Phi) is 4.78. The number of hydrogen-bond acceptors (Lipinski definition) is 3. The van der Waals surface area contributed by atoms with E-state index in [1.165, 1.54) is 11.3 Å². The lowest BCUT2D eigenvalue weighted by atomic mass is 10.3. The van der Waals surface area contributed by atoms with Gasteiger partial charge in [-0.15, -0.1) is 11.3 Å². The van der Waals surface area contributed by atoms with E-state index in [2.05, 4.69) is 0 Å². The second-order valence-electron chi connectivity index (χ2n) is 3.56. The Hall–Kier alpha value is -0.870. The molecule has 84 valence electrons. The van der Waals surface area contributed by atoms with E-state index in [1.54, 1.807) is 7.11 Å². The summed E-state index contributed by atoms with van der Waals surface area (Å²) in [5.74, 6) is 0.0945. The summed E-state index contributed by atoms with van der Waals surface area (Å²) >= 11 is 1.48. The van der Waals surface area contributed by atoms with Gasteiger partial charge in [0.1, 0.15) is 0 Å². The summed E-state index contributed by atoms with van der Waals surface area (Å²) in [5, 5.41) is 1.92. The van der Waals surface area contributed by atoms with Crippen molar-refractivity contribution in [1.82, 2.24) is 4.90 Å². The first-order chi connectivity index (χ1) is 7.16. The summed E-state index contributed by atoms with van der Waals surface area (Å²) in [6.07, 6.45) is 0. The van der Waals surface area contributed by atoms with Crippen molar-refractivity contribution in [3.63, 3.8) is 0 Å². The zero-order valence-electron chi connectivity index (χ0n) is 9.40. The van der Waals surface area contributed by atoms with Crippen molar-refractivity contribution in [2.45, 2.75) is 19.9 Å². The molecule has 0 N–H and O–H groups in total. The van der Waals surface area contributed by atoms with Gasteiger partial charge in [-0.25, -0.2) is 0 Å². The van der Waals surface area contributed by atoms with Crippen LogP contribution < -0.4 is 0 Å². The van der Waals surface area contributed by atoms with Gasteiger partial charge in [0, 0.05) is 19.7 Å². The molecule has 1 aromatic heterocycles. The highest BCUT2D eigenvalue weighted by Crippen LogP contribution is 2.13. The molecule has 0 saturated carbocycles. The predicted molar refractivity (Wildman–Crippen MR) is 62.4 cm³/mol. The maximum absolute atomic E-state index is 12.0. The number of amides is 1. The maximum atomic E-state index is 12.0. The van der Waals surface area contributed by atoms with Gasteiger partial charge in [0.25, 0.3) is 5.91 Å². The smallest absolute Gasteiger partial charge is 0.264 e. The number of carbonyl (C=O) groups is 1. The fourth-order valence-corrected chi connectivity index (χ4v) is 2.00. The van der Waals surface area contributed by atoms with Gasteiger partial charge in [0.05, 0.1) is 11.5 Å². The van der Waals surface area contributed by atoms with E-state index in [0.29, 0.717) is 13.2 Å².